The molecule has 0 radical (unpaired) electrons. The van der Waals surface area contributed by atoms with E-state index in [0.717, 1.165) is 37.8 Å². The van der Waals surface area contributed by atoms with Gasteiger partial charge >= 0.3 is 0 Å². The lowest BCUT2D eigenvalue weighted by atomic mass is 9.79. The normalized spacial score (nSPS) is 24.8. The van der Waals surface area contributed by atoms with Crippen LogP contribution in [0.25, 0.3) is 0 Å². The van der Waals surface area contributed by atoms with E-state index in [1.807, 2.05) is 37.4 Å². The van der Waals surface area contributed by atoms with Gasteiger partial charge in [0, 0.05) is 12.7 Å². The van der Waals surface area contributed by atoms with Gasteiger partial charge in [0.25, 0.3) is 0 Å². The van der Waals surface area contributed by atoms with Crippen LogP contribution < -0.4 is 5.32 Å². The second-order valence-corrected chi connectivity index (χ2v) is 9.38. The molecule has 0 heterocycles. The highest BCUT2D eigenvalue weighted by Crippen LogP contribution is 2.60. The maximum atomic E-state index is 13.5. The zero-order chi connectivity index (χ0) is 20.5. The first-order valence-electron chi connectivity index (χ1n) is 10.5. The van der Waals surface area contributed by atoms with Crippen LogP contribution in [0.4, 0.5) is 5.69 Å². The molecule has 2 aliphatic carbocycles. The van der Waals surface area contributed by atoms with Crippen molar-refractivity contribution in [2.75, 3.05) is 12.4 Å². The van der Waals surface area contributed by atoms with Crippen LogP contribution in [0.15, 0.2) is 42.0 Å². The lowest BCUT2D eigenvalue weighted by molar-refractivity contribution is -0.147. The SMILES string of the molecule is CC(C)=C[C@H]1[C@@H](C(=O)N(C)C2(C(=O)Nc3ccccc3)CCCCC2)C1(C)C. The average Bonchev–Trinajstić information content (AvgIpc) is 3.20. The van der Waals surface area contributed by atoms with Gasteiger partial charge in [0.2, 0.25) is 11.8 Å². The Hall–Kier alpha value is -2.10. The highest BCUT2D eigenvalue weighted by molar-refractivity contribution is 6.01. The van der Waals surface area contributed by atoms with Crippen molar-refractivity contribution in [1.82, 2.24) is 4.90 Å². The molecule has 28 heavy (non-hydrogen) atoms. The molecule has 1 aromatic carbocycles. The first-order valence-corrected chi connectivity index (χ1v) is 10.5. The van der Waals surface area contributed by atoms with Gasteiger partial charge in [-0.3, -0.25) is 9.59 Å². The van der Waals surface area contributed by atoms with Crippen molar-refractivity contribution in [3.8, 4) is 0 Å². The molecule has 4 heteroatoms. The number of nitrogens with one attached hydrogen (secondary N) is 1. The zero-order valence-corrected chi connectivity index (χ0v) is 17.9. The van der Waals surface area contributed by atoms with Crippen LogP contribution >= 0.6 is 0 Å². The van der Waals surface area contributed by atoms with Crippen LogP contribution in [0.1, 0.15) is 59.8 Å². The van der Waals surface area contributed by atoms with Gasteiger partial charge in [-0.25, -0.2) is 0 Å². The summed E-state index contributed by atoms with van der Waals surface area (Å²) in [6.07, 6.45) is 6.75. The lowest BCUT2D eigenvalue weighted by Crippen LogP contribution is -2.59. The van der Waals surface area contributed by atoms with Crippen molar-refractivity contribution in [2.24, 2.45) is 17.3 Å². The van der Waals surface area contributed by atoms with E-state index in [9.17, 15) is 9.59 Å². The highest BCUT2D eigenvalue weighted by Gasteiger charge is 2.62. The molecule has 2 saturated carbocycles. The molecular weight excluding hydrogens is 348 g/mol. The van der Waals surface area contributed by atoms with Crippen molar-refractivity contribution < 1.29 is 9.59 Å². The van der Waals surface area contributed by atoms with Gasteiger partial charge in [0.05, 0.1) is 5.92 Å². The van der Waals surface area contributed by atoms with Crippen molar-refractivity contribution in [2.45, 2.75) is 65.3 Å². The summed E-state index contributed by atoms with van der Waals surface area (Å²) >= 11 is 0. The number of amides is 2. The largest absolute Gasteiger partial charge is 0.331 e. The molecule has 152 valence electrons. The van der Waals surface area contributed by atoms with Crippen LogP contribution in [0, 0.1) is 17.3 Å². The molecule has 0 aliphatic heterocycles. The number of carbonyl (C=O) groups is 2. The molecule has 1 aromatic rings. The van der Waals surface area contributed by atoms with E-state index < -0.39 is 5.54 Å². The molecule has 0 aromatic heterocycles. The van der Waals surface area contributed by atoms with Crippen LogP contribution in [0.3, 0.4) is 0 Å². The third kappa shape index (κ3) is 3.74. The topological polar surface area (TPSA) is 49.4 Å². The lowest BCUT2D eigenvalue weighted by Gasteiger charge is -2.43. The first-order chi connectivity index (χ1) is 13.2. The third-order valence-electron chi connectivity index (χ3n) is 6.80. The third-order valence-corrected chi connectivity index (χ3v) is 6.80. The molecule has 0 unspecified atom stereocenters. The number of allylic oxidation sites excluding steroid dienone is 2. The maximum absolute atomic E-state index is 13.5. The Bertz CT molecular complexity index is 756. The number of anilines is 1. The number of hydrogen-bond acceptors (Lipinski definition) is 2. The molecule has 0 saturated heterocycles. The summed E-state index contributed by atoms with van der Waals surface area (Å²) in [4.78, 5) is 28.7. The number of carbonyl (C=O) groups excluding carboxylic acids is 2. The molecule has 0 bridgehead atoms. The summed E-state index contributed by atoms with van der Waals surface area (Å²) in [6, 6.07) is 9.54. The Morgan fingerprint density at radius 2 is 1.68 bits per heavy atom. The van der Waals surface area contributed by atoms with E-state index in [1.54, 1.807) is 4.90 Å². The predicted molar refractivity (Wildman–Crippen MR) is 114 cm³/mol. The van der Waals surface area contributed by atoms with Gasteiger partial charge < -0.3 is 10.2 Å². The molecule has 1 N–H and O–H groups in total. The van der Waals surface area contributed by atoms with Gasteiger partial charge in [0.15, 0.2) is 0 Å². The fraction of sp³-hybridized carbons (Fsp3) is 0.583. The maximum Gasteiger partial charge on any atom is 0.250 e. The van der Waals surface area contributed by atoms with Crippen LogP contribution in [0.5, 0.6) is 0 Å². The molecule has 0 spiro atoms. The number of nitrogens with zero attached hydrogens (tertiary/aromatic N) is 1. The number of rotatable bonds is 5. The van der Waals surface area contributed by atoms with Gasteiger partial charge in [-0.15, -0.1) is 0 Å². The predicted octanol–water partition coefficient (Wildman–Crippen LogP) is 5.02. The van der Waals surface area contributed by atoms with E-state index in [4.69, 9.17) is 0 Å². The highest BCUT2D eigenvalue weighted by atomic mass is 16.2. The van der Waals surface area contributed by atoms with E-state index in [1.165, 1.54) is 5.57 Å². The van der Waals surface area contributed by atoms with Crippen molar-refractivity contribution in [3.05, 3.63) is 42.0 Å². The smallest absolute Gasteiger partial charge is 0.250 e. The minimum atomic E-state index is -0.751. The minimum absolute atomic E-state index is 0.0456. The van der Waals surface area contributed by atoms with Gasteiger partial charge in [-0.05, 0) is 50.2 Å². The monoisotopic (exact) mass is 382 g/mol. The van der Waals surface area contributed by atoms with Crippen LogP contribution in [-0.2, 0) is 9.59 Å². The second kappa shape index (κ2) is 7.73. The molecule has 2 fully saturated rings. The first kappa shape index (κ1) is 20.6. The van der Waals surface area contributed by atoms with Gasteiger partial charge in [-0.2, -0.15) is 0 Å². The van der Waals surface area contributed by atoms with Crippen LogP contribution in [-0.4, -0.2) is 29.3 Å². The zero-order valence-electron chi connectivity index (χ0n) is 17.9. The quantitative estimate of drug-likeness (QED) is 0.727. The van der Waals surface area contributed by atoms with E-state index in [0.29, 0.717) is 0 Å². The molecule has 2 amide bonds. The number of para-hydroxylation sites is 1. The van der Waals surface area contributed by atoms with E-state index in [2.05, 4.69) is 39.1 Å². The Kier molecular flexibility index (Phi) is 5.69. The number of likely N-dealkylation sites (N-methyl/N-ethyl adjacent to an activating group) is 1. The molecular formula is C24H34N2O2. The fourth-order valence-electron chi connectivity index (χ4n) is 4.86. The summed E-state index contributed by atoms with van der Waals surface area (Å²) in [6.45, 7) is 8.47. The van der Waals surface area contributed by atoms with Crippen molar-refractivity contribution in [1.29, 1.82) is 0 Å². The van der Waals surface area contributed by atoms with Crippen molar-refractivity contribution >= 4 is 17.5 Å². The Labute approximate surface area is 169 Å². The van der Waals surface area contributed by atoms with E-state index >= 15 is 0 Å². The van der Waals surface area contributed by atoms with Crippen LogP contribution in [0.2, 0.25) is 0 Å². The molecule has 2 aliphatic rings. The van der Waals surface area contributed by atoms with Gasteiger partial charge in [0.1, 0.15) is 5.54 Å². The molecule has 3 rings (SSSR count). The number of hydrogen-bond donors (Lipinski definition) is 1. The number of benzene rings is 1. The summed E-state index contributed by atoms with van der Waals surface area (Å²) in [5.74, 6) is 0.269. The fourth-order valence-corrected chi connectivity index (χ4v) is 4.86. The Morgan fingerprint density at radius 3 is 2.25 bits per heavy atom. The molecule has 4 nitrogen and oxygen atoms in total. The van der Waals surface area contributed by atoms with E-state index in [-0.39, 0.29) is 29.1 Å². The Balaban J connectivity index is 1.84. The van der Waals surface area contributed by atoms with Gasteiger partial charge in [-0.1, -0.05) is 63.0 Å². The summed E-state index contributed by atoms with van der Waals surface area (Å²) in [7, 11) is 1.84. The molecule has 2 atom stereocenters. The Morgan fingerprint density at radius 1 is 1.07 bits per heavy atom. The standard InChI is InChI=1S/C24H34N2O2/c1-17(2)16-19-20(23(19,3)4)21(27)26(5)24(14-10-7-11-15-24)22(28)25-18-12-8-6-9-13-18/h6,8-9,12-13,16,19-20H,7,10-11,14-15H2,1-5H3,(H,25,28)/t19-,20-/m0/s1. The summed E-state index contributed by atoms with van der Waals surface area (Å²) in [5.41, 5.74) is 1.23. The van der Waals surface area contributed by atoms with Crippen molar-refractivity contribution in [3.63, 3.8) is 0 Å². The minimum Gasteiger partial charge on any atom is -0.331 e. The summed E-state index contributed by atoms with van der Waals surface area (Å²) < 4.78 is 0. The average molecular weight is 383 g/mol. The second-order valence-electron chi connectivity index (χ2n) is 9.38. The summed E-state index contributed by atoms with van der Waals surface area (Å²) in [5, 5.41) is 3.07.